The fourth-order valence-corrected chi connectivity index (χ4v) is 3.49. The molecule has 1 fully saturated rings. The van der Waals surface area contributed by atoms with Gasteiger partial charge in [0, 0.05) is 26.0 Å². The zero-order valence-corrected chi connectivity index (χ0v) is 14.3. The molecule has 2 aromatic rings. The lowest BCUT2D eigenvalue weighted by Gasteiger charge is -2.24. The zero-order chi connectivity index (χ0) is 16.6. The van der Waals surface area contributed by atoms with Gasteiger partial charge in [0.25, 0.3) is 0 Å². The van der Waals surface area contributed by atoms with Gasteiger partial charge in [-0.2, -0.15) is 5.10 Å². The number of aromatic nitrogens is 3. The number of carbonyl (C=O) groups excluding carboxylic acids is 1. The summed E-state index contributed by atoms with van der Waals surface area (Å²) in [6.07, 6.45) is 4.30. The third kappa shape index (κ3) is 3.03. The van der Waals surface area contributed by atoms with Crippen LogP contribution in [0.4, 0.5) is 5.69 Å². The van der Waals surface area contributed by atoms with Gasteiger partial charge in [-0.25, -0.2) is 0 Å². The minimum Gasteiger partial charge on any atom is -0.353 e. The summed E-state index contributed by atoms with van der Waals surface area (Å²) < 4.78 is 3.95. The van der Waals surface area contributed by atoms with E-state index in [2.05, 4.69) is 45.3 Å². The Morgan fingerprint density at radius 2 is 2.17 bits per heavy atom. The van der Waals surface area contributed by atoms with E-state index in [-0.39, 0.29) is 5.91 Å². The maximum atomic E-state index is 12.5. The molecule has 0 aliphatic carbocycles. The van der Waals surface area contributed by atoms with Gasteiger partial charge in [-0.1, -0.05) is 0 Å². The Bertz CT molecular complexity index is 715. The first-order chi connectivity index (χ1) is 11.0. The third-order valence-corrected chi connectivity index (χ3v) is 4.81. The summed E-state index contributed by atoms with van der Waals surface area (Å²) in [6, 6.07) is 4.54. The number of aryl methyl sites for hydroxylation is 3. The quantitative estimate of drug-likeness (QED) is 0.940. The maximum absolute atomic E-state index is 12.5. The van der Waals surface area contributed by atoms with Crippen molar-refractivity contribution in [3.63, 3.8) is 0 Å². The molecule has 0 bridgehead atoms. The van der Waals surface area contributed by atoms with Crippen LogP contribution < -0.4 is 5.32 Å². The summed E-state index contributed by atoms with van der Waals surface area (Å²) in [7, 11) is 3.96. The Hall–Kier alpha value is -2.08. The van der Waals surface area contributed by atoms with Crippen molar-refractivity contribution < 1.29 is 4.79 Å². The second-order valence-electron chi connectivity index (χ2n) is 6.39. The molecular weight excluding hydrogens is 290 g/mol. The Balaban J connectivity index is 1.69. The van der Waals surface area contributed by atoms with E-state index in [1.165, 1.54) is 5.69 Å². The van der Waals surface area contributed by atoms with Crippen molar-refractivity contribution in [3.8, 4) is 0 Å². The lowest BCUT2D eigenvalue weighted by atomic mass is 10.1. The summed E-state index contributed by atoms with van der Waals surface area (Å²) in [4.78, 5) is 14.8. The molecule has 23 heavy (non-hydrogen) atoms. The number of rotatable bonds is 4. The predicted octanol–water partition coefficient (Wildman–Crippen LogP) is 2.15. The Morgan fingerprint density at radius 1 is 1.39 bits per heavy atom. The lowest BCUT2D eigenvalue weighted by Crippen LogP contribution is -2.33. The number of nitrogens with one attached hydrogen (secondary N) is 1. The van der Waals surface area contributed by atoms with Crippen LogP contribution in [0, 0.1) is 13.8 Å². The number of carbonyl (C=O) groups is 1. The number of likely N-dealkylation sites (tertiary alicyclic amines) is 1. The standard InChI is InChI=1S/C17H25N5O/c1-12-17(13(2)21(4)19-12)18-16(23)11-22-10-6-8-15(22)14-7-5-9-20(14)3/h5,7,9,15H,6,8,10-11H2,1-4H3,(H,18,23)/t15-/m0/s1. The van der Waals surface area contributed by atoms with E-state index >= 15 is 0 Å². The Labute approximate surface area is 137 Å². The molecule has 2 aromatic heterocycles. The van der Waals surface area contributed by atoms with E-state index in [0.717, 1.165) is 36.5 Å². The molecule has 1 N–H and O–H groups in total. The topological polar surface area (TPSA) is 55.1 Å². The molecule has 0 spiro atoms. The number of nitrogens with zero attached hydrogens (tertiary/aromatic N) is 4. The molecule has 0 unspecified atom stereocenters. The van der Waals surface area contributed by atoms with Crippen LogP contribution in [0.15, 0.2) is 18.3 Å². The van der Waals surface area contributed by atoms with Crippen LogP contribution in [-0.2, 0) is 18.9 Å². The molecule has 1 aliphatic rings. The van der Waals surface area contributed by atoms with Crippen LogP contribution in [0.25, 0.3) is 0 Å². The number of hydrogen-bond acceptors (Lipinski definition) is 3. The molecule has 1 atom stereocenters. The molecule has 0 aromatic carbocycles. The van der Waals surface area contributed by atoms with Gasteiger partial charge in [-0.15, -0.1) is 0 Å². The van der Waals surface area contributed by atoms with Gasteiger partial charge in [0.05, 0.1) is 29.7 Å². The fraction of sp³-hybridized carbons (Fsp3) is 0.529. The largest absolute Gasteiger partial charge is 0.353 e. The SMILES string of the molecule is Cc1nn(C)c(C)c1NC(=O)CN1CCC[C@H]1c1cccn1C. The molecule has 1 aliphatic heterocycles. The maximum Gasteiger partial charge on any atom is 0.238 e. The molecular formula is C17H25N5O. The van der Waals surface area contributed by atoms with Crippen molar-refractivity contribution in [1.82, 2.24) is 19.2 Å². The first-order valence-corrected chi connectivity index (χ1v) is 8.12. The Morgan fingerprint density at radius 3 is 2.78 bits per heavy atom. The second kappa shape index (κ2) is 6.20. The van der Waals surface area contributed by atoms with E-state index in [1.807, 2.05) is 20.9 Å². The van der Waals surface area contributed by atoms with E-state index < -0.39 is 0 Å². The highest BCUT2D eigenvalue weighted by molar-refractivity contribution is 5.93. The van der Waals surface area contributed by atoms with Crippen molar-refractivity contribution >= 4 is 11.6 Å². The molecule has 3 heterocycles. The average molecular weight is 315 g/mol. The van der Waals surface area contributed by atoms with E-state index in [9.17, 15) is 4.79 Å². The summed E-state index contributed by atoms with van der Waals surface area (Å²) in [5, 5.41) is 7.38. The van der Waals surface area contributed by atoms with Gasteiger partial charge in [0.15, 0.2) is 0 Å². The summed E-state index contributed by atoms with van der Waals surface area (Å²) >= 11 is 0. The molecule has 0 radical (unpaired) electrons. The summed E-state index contributed by atoms with van der Waals surface area (Å²) in [5.74, 6) is 0.0327. The fourth-order valence-electron chi connectivity index (χ4n) is 3.49. The highest BCUT2D eigenvalue weighted by Crippen LogP contribution is 2.31. The van der Waals surface area contributed by atoms with Gasteiger partial charge in [0.1, 0.15) is 0 Å². The van der Waals surface area contributed by atoms with Crippen molar-refractivity contribution in [3.05, 3.63) is 35.4 Å². The lowest BCUT2D eigenvalue weighted by molar-refractivity contribution is -0.117. The predicted molar refractivity (Wildman–Crippen MR) is 90.3 cm³/mol. The van der Waals surface area contributed by atoms with E-state index in [1.54, 1.807) is 4.68 Å². The highest BCUT2D eigenvalue weighted by atomic mass is 16.2. The molecule has 6 heteroatoms. The second-order valence-corrected chi connectivity index (χ2v) is 6.39. The Kier molecular flexibility index (Phi) is 4.26. The van der Waals surface area contributed by atoms with Crippen molar-refractivity contribution in [2.24, 2.45) is 14.1 Å². The molecule has 6 nitrogen and oxygen atoms in total. The van der Waals surface area contributed by atoms with Crippen molar-refractivity contribution in [2.45, 2.75) is 32.7 Å². The minimum absolute atomic E-state index is 0.0327. The van der Waals surface area contributed by atoms with E-state index in [4.69, 9.17) is 0 Å². The van der Waals surface area contributed by atoms with Crippen LogP contribution >= 0.6 is 0 Å². The molecule has 0 saturated carbocycles. The average Bonchev–Trinajstić information content (AvgIpc) is 3.16. The van der Waals surface area contributed by atoms with Crippen molar-refractivity contribution in [2.75, 3.05) is 18.4 Å². The van der Waals surface area contributed by atoms with Crippen LogP contribution in [0.3, 0.4) is 0 Å². The third-order valence-electron chi connectivity index (χ3n) is 4.81. The first-order valence-electron chi connectivity index (χ1n) is 8.12. The smallest absolute Gasteiger partial charge is 0.238 e. The number of amides is 1. The van der Waals surface area contributed by atoms with Crippen LogP contribution in [0.1, 0.15) is 36.0 Å². The molecule has 1 amide bonds. The molecule has 3 rings (SSSR count). The zero-order valence-electron chi connectivity index (χ0n) is 14.3. The highest BCUT2D eigenvalue weighted by Gasteiger charge is 2.29. The monoisotopic (exact) mass is 315 g/mol. The molecule has 1 saturated heterocycles. The molecule has 124 valence electrons. The van der Waals surface area contributed by atoms with Gasteiger partial charge >= 0.3 is 0 Å². The van der Waals surface area contributed by atoms with Crippen LogP contribution in [0.2, 0.25) is 0 Å². The first kappa shape index (κ1) is 15.8. The normalized spacial score (nSPS) is 18.5. The summed E-state index contributed by atoms with van der Waals surface area (Å²) in [5.41, 5.74) is 3.96. The van der Waals surface area contributed by atoms with Crippen molar-refractivity contribution in [1.29, 1.82) is 0 Å². The summed E-state index contributed by atoms with van der Waals surface area (Å²) in [6.45, 7) is 5.28. The minimum atomic E-state index is 0.0327. The van der Waals surface area contributed by atoms with Crippen LogP contribution in [-0.4, -0.2) is 38.2 Å². The van der Waals surface area contributed by atoms with Gasteiger partial charge < -0.3 is 9.88 Å². The van der Waals surface area contributed by atoms with Crippen LogP contribution in [0.5, 0.6) is 0 Å². The van der Waals surface area contributed by atoms with Gasteiger partial charge in [0.2, 0.25) is 5.91 Å². The van der Waals surface area contributed by atoms with Gasteiger partial charge in [-0.05, 0) is 45.4 Å². The number of anilines is 1. The number of hydrogen-bond donors (Lipinski definition) is 1. The van der Waals surface area contributed by atoms with Gasteiger partial charge in [-0.3, -0.25) is 14.4 Å². The van der Waals surface area contributed by atoms with E-state index in [0.29, 0.717) is 12.6 Å².